The lowest BCUT2D eigenvalue weighted by molar-refractivity contribution is 0.199. The van der Waals surface area contributed by atoms with Gasteiger partial charge in [-0.2, -0.15) is 0 Å². The third-order valence-electron chi connectivity index (χ3n) is 3.91. The number of benzene rings is 1. The number of hydrogen-bond acceptors (Lipinski definition) is 3. The average molecular weight is 248 g/mol. The summed E-state index contributed by atoms with van der Waals surface area (Å²) in [5.41, 5.74) is 8.14. The molecule has 2 N–H and O–H groups in total. The van der Waals surface area contributed by atoms with Crippen LogP contribution in [0.3, 0.4) is 0 Å². The van der Waals surface area contributed by atoms with Gasteiger partial charge in [0.05, 0.1) is 7.11 Å². The average Bonchev–Trinajstić information content (AvgIpc) is 2.80. The van der Waals surface area contributed by atoms with Gasteiger partial charge >= 0.3 is 0 Å². The number of likely N-dealkylation sites (tertiary alicyclic amines) is 1. The molecule has 0 bridgehead atoms. The topological polar surface area (TPSA) is 38.5 Å². The molecule has 0 radical (unpaired) electrons. The highest BCUT2D eigenvalue weighted by molar-refractivity contribution is 5.51. The van der Waals surface area contributed by atoms with Crippen molar-refractivity contribution in [2.24, 2.45) is 5.92 Å². The first-order valence-corrected chi connectivity index (χ1v) is 6.78. The molecule has 100 valence electrons. The van der Waals surface area contributed by atoms with E-state index in [-0.39, 0.29) is 0 Å². The first kappa shape index (κ1) is 13.2. The summed E-state index contributed by atoms with van der Waals surface area (Å²) in [6, 6.07) is 6.69. The van der Waals surface area contributed by atoms with Crippen LogP contribution in [0.25, 0.3) is 0 Å². The summed E-state index contributed by atoms with van der Waals surface area (Å²) in [6.45, 7) is 6.76. The van der Waals surface area contributed by atoms with Gasteiger partial charge in [-0.3, -0.25) is 4.90 Å². The second kappa shape index (κ2) is 5.61. The fourth-order valence-electron chi connectivity index (χ4n) is 2.87. The van der Waals surface area contributed by atoms with E-state index in [2.05, 4.69) is 24.8 Å². The molecule has 1 aromatic rings. The maximum atomic E-state index is 6.09. The van der Waals surface area contributed by atoms with Crippen molar-refractivity contribution in [2.45, 2.75) is 39.3 Å². The Kier molecular flexibility index (Phi) is 4.12. The zero-order valence-electron chi connectivity index (χ0n) is 11.6. The predicted molar refractivity (Wildman–Crippen MR) is 75.7 cm³/mol. The van der Waals surface area contributed by atoms with Gasteiger partial charge in [-0.05, 0) is 36.9 Å². The molecule has 0 spiro atoms. The Morgan fingerprint density at radius 1 is 1.44 bits per heavy atom. The van der Waals surface area contributed by atoms with Crippen molar-refractivity contribution in [1.29, 1.82) is 0 Å². The Morgan fingerprint density at radius 3 is 2.83 bits per heavy atom. The van der Waals surface area contributed by atoms with Gasteiger partial charge in [0.2, 0.25) is 0 Å². The summed E-state index contributed by atoms with van der Waals surface area (Å²) < 4.78 is 5.19. The molecule has 18 heavy (non-hydrogen) atoms. The smallest absolute Gasteiger partial charge is 0.120 e. The maximum absolute atomic E-state index is 6.09. The SMILES string of the molecule is COc1ccc(CN2CCCC2C(C)C)c(N)c1. The lowest BCUT2D eigenvalue weighted by atomic mass is 10.0. The van der Waals surface area contributed by atoms with Crippen molar-refractivity contribution in [3.63, 3.8) is 0 Å². The number of hydrogen-bond donors (Lipinski definition) is 1. The molecule has 0 aromatic heterocycles. The molecular formula is C15H24N2O. The van der Waals surface area contributed by atoms with Crippen LogP contribution in [-0.2, 0) is 6.54 Å². The molecule has 1 heterocycles. The molecule has 1 aromatic carbocycles. The van der Waals surface area contributed by atoms with Crippen molar-refractivity contribution in [2.75, 3.05) is 19.4 Å². The van der Waals surface area contributed by atoms with Gasteiger partial charge in [-0.15, -0.1) is 0 Å². The zero-order valence-corrected chi connectivity index (χ0v) is 11.6. The molecule has 0 saturated carbocycles. The molecular weight excluding hydrogens is 224 g/mol. The minimum atomic E-state index is 0.700. The Balaban J connectivity index is 2.09. The minimum Gasteiger partial charge on any atom is -0.497 e. The molecule has 1 atom stereocenters. The summed E-state index contributed by atoms with van der Waals surface area (Å²) in [5, 5.41) is 0. The summed E-state index contributed by atoms with van der Waals surface area (Å²) in [6.07, 6.45) is 2.62. The number of nitrogen functional groups attached to an aromatic ring is 1. The van der Waals surface area contributed by atoms with E-state index in [4.69, 9.17) is 10.5 Å². The second-order valence-electron chi connectivity index (χ2n) is 5.49. The lowest BCUT2D eigenvalue weighted by Gasteiger charge is -2.28. The molecule has 1 unspecified atom stereocenters. The normalized spacial score (nSPS) is 20.6. The van der Waals surface area contributed by atoms with Gasteiger partial charge in [0.25, 0.3) is 0 Å². The molecule has 1 aliphatic heterocycles. The fourth-order valence-corrected chi connectivity index (χ4v) is 2.87. The Bertz CT molecular complexity index is 403. The molecule has 3 heteroatoms. The number of nitrogens with zero attached hydrogens (tertiary/aromatic N) is 1. The standard InChI is InChI=1S/C15H24N2O/c1-11(2)15-5-4-8-17(15)10-12-6-7-13(18-3)9-14(12)16/h6-7,9,11,15H,4-5,8,10,16H2,1-3H3. The van der Waals surface area contributed by atoms with Gasteiger partial charge < -0.3 is 10.5 Å². The van der Waals surface area contributed by atoms with Crippen LogP contribution in [0, 0.1) is 5.92 Å². The number of methoxy groups -OCH3 is 1. The highest BCUT2D eigenvalue weighted by atomic mass is 16.5. The van der Waals surface area contributed by atoms with Crippen LogP contribution in [0.4, 0.5) is 5.69 Å². The Labute approximate surface area is 110 Å². The van der Waals surface area contributed by atoms with E-state index in [1.54, 1.807) is 7.11 Å². The first-order chi connectivity index (χ1) is 8.61. The lowest BCUT2D eigenvalue weighted by Crippen LogP contribution is -2.33. The van der Waals surface area contributed by atoms with E-state index in [0.29, 0.717) is 12.0 Å². The highest BCUT2D eigenvalue weighted by Crippen LogP contribution is 2.28. The van der Waals surface area contributed by atoms with Crippen molar-refractivity contribution in [3.05, 3.63) is 23.8 Å². The molecule has 2 rings (SSSR count). The summed E-state index contributed by atoms with van der Waals surface area (Å²) in [4.78, 5) is 2.56. The monoisotopic (exact) mass is 248 g/mol. The Morgan fingerprint density at radius 2 is 2.22 bits per heavy atom. The van der Waals surface area contributed by atoms with Crippen LogP contribution >= 0.6 is 0 Å². The third-order valence-corrected chi connectivity index (χ3v) is 3.91. The van der Waals surface area contributed by atoms with E-state index < -0.39 is 0 Å². The predicted octanol–water partition coefficient (Wildman–Crippen LogP) is 2.90. The molecule has 0 amide bonds. The number of nitrogens with two attached hydrogens (primary N) is 1. The summed E-state index contributed by atoms with van der Waals surface area (Å²) in [7, 11) is 1.67. The van der Waals surface area contributed by atoms with Gasteiger partial charge in [-0.1, -0.05) is 19.9 Å². The quantitative estimate of drug-likeness (QED) is 0.833. The van der Waals surface area contributed by atoms with Gasteiger partial charge in [0, 0.05) is 24.3 Å². The van der Waals surface area contributed by atoms with E-state index in [1.165, 1.54) is 24.9 Å². The van der Waals surface area contributed by atoms with Crippen LogP contribution < -0.4 is 10.5 Å². The van der Waals surface area contributed by atoms with Gasteiger partial charge in [0.15, 0.2) is 0 Å². The van der Waals surface area contributed by atoms with E-state index in [9.17, 15) is 0 Å². The fraction of sp³-hybridized carbons (Fsp3) is 0.600. The van der Waals surface area contributed by atoms with Crippen LogP contribution in [0.5, 0.6) is 5.75 Å². The van der Waals surface area contributed by atoms with Gasteiger partial charge in [0.1, 0.15) is 5.75 Å². The molecule has 3 nitrogen and oxygen atoms in total. The largest absolute Gasteiger partial charge is 0.497 e. The van der Waals surface area contributed by atoms with Crippen molar-refractivity contribution in [3.8, 4) is 5.75 Å². The van der Waals surface area contributed by atoms with Gasteiger partial charge in [-0.25, -0.2) is 0 Å². The van der Waals surface area contributed by atoms with Crippen LogP contribution in [0.15, 0.2) is 18.2 Å². The molecule has 1 fully saturated rings. The number of ether oxygens (including phenoxy) is 1. The van der Waals surface area contributed by atoms with E-state index >= 15 is 0 Å². The van der Waals surface area contributed by atoms with Crippen molar-refractivity contribution < 1.29 is 4.74 Å². The van der Waals surface area contributed by atoms with Crippen molar-refractivity contribution in [1.82, 2.24) is 4.90 Å². The minimum absolute atomic E-state index is 0.700. The van der Waals surface area contributed by atoms with E-state index in [0.717, 1.165) is 18.0 Å². The van der Waals surface area contributed by atoms with Crippen molar-refractivity contribution >= 4 is 5.69 Å². The summed E-state index contributed by atoms with van der Waals surface area (Å²) in [5.74, 6) is 1.55. The maximum Gasteiger partial charge on any atom is 0.120 e. The number of rotatable bonds is 4. The summed E-state index contributed by atoms with van der Waals surface area (Å²) >= 11 is 0. The molecule has 1 aliphatic rings. The second-order valence-corrected chi connectivity index (χ2v) is 5.49. The van der Waals surface area contributed by atoms with E-state index in [1.807, 2.05) is 12.1 Å². The van der Waals surface area contributed by atoms with Crippen LogP contribution in [0.1, 0.15) is 32.3 Å². The zero-order chi connectivity index (χ0) is 13.1. The van der Waals surface area contributed by atoms with Crippen LogP contribution in [0.2, 0.25) is 0 Å². The molecule has 0 aliphatic carbocycles. The number of anilines is 1. The third kappa shape index (κ3) is 2.78. The van der Waals surface area contributed by atoms with Crippen LogP contribution in [-0.4, -0.2) is 24.6 Å². The Hall–Kier alpha value is -1.22. The first-order valence-electron chi connectivity index (χ1n) is 6.78. The molecule has 1 saturated heterocycles. The highest BCUT2D eigenvalue weighted by Gasteiger charge is 2.27.